The molecule has 0 radical (unpaired) electrons. The molecule has 0 atom stereocenters. The quantitative estimate of drug-likeness (QED) is 0.789. The van der Waals surface area contributed by atoms with E-state index in [4.69, 9.17) is 9.26 Å². The van der Waals surface area contributed by atoms with Crippen molar-refractivity contribution in [2.75, 3.05) is 18.6 Å². The van der Waals surface area contributed by atoms with Crippen molar-refractivity contribution in [3.8, 4) is 0 Å². The van der Waals surface area contributed by atoms with Gasteiger partial charge in [0.2, 0.25) is 0 Å². The molecular formula is C15H14N2O4. The Hall–Kier alpha value is -2.63. The first kappa shape index (κ1) is 13.4. The molecule has 6 nitrogen and oxygen atoms in total. The van der Waals surface area contributed by atoms with Gasteiger partial charge in [-0.25, -0.2) is 4.79 Å². The minimum Gasteiger partial charge on any atom is -0.465 e. The van der Waals surface area contributed by atoms with Crippen molar-refractivity contribution in [3.05, 3.63) is 46.8 Å². The predicted octanol–water partition coefficient (Wildman–Crippen LogP) is 1.97. The third kappa shape index (κ3) is 2.29. The maximum absolute atomic E-state index is 12.4. The third-order valence-corrected chi connectivity index (χ3v) is 3.49. The number of aromatic nitrogens is 1. The van der Waals surface area contributed by atoms with E-state index in [1.807, 2.05) is 0 Å². The first-order valence-corrected chi connectivity index (χ1v) is 6.56. The summed E-state index contributed by atoms with van der Waals surface area (Å²) in [7, 11) is 1.35. The van der Waals surface area contributed by atoms with Gasteiger partial charge in [0.05, 0.1) is 12.7 Å². The molecule has 2 aromatic rings. The fourth-order valence-electron chi connectivity index (χ4n) is 2.46. The van der Waals surface area contributed by atoms with Crippen LogP contribution in [-0.4, -0.2) is 30.7 Å². The molecule has 1 amide bonds. The van der Waals surface area contributed by atoms with Crippen LogP contribution in [0, 0.1) is 6.92 Å². The summed E-state index contributed by atoms with van der Waals surface area (Å²) in [6, 6.07) is 6.80. The molecule has 0 N–H and O–H groups in total. The molecule has 0 aliphatic carbocycles. The van der Waals surface area contributed by atoms with Gasteiger partial charge in [-0.15, -0.1) is 0 Å². The Morgan fingerprint density at radius 2 is 2.14 bits per heavy atom. The number of fused-ring (bicyclic) bond motifs is 1. The highest BCUT2D eigenvalue weighted by molar-refractivity contribution is 6.06. The van der Waals surface area contributed by atoms with Gasteiger partial charge in [0.1, 0.15) is 5.76 Å². The number of nitrogens with zero attached hydrogens (tertiary/aromatic N) is 2. The number of amides is 1. The van der Waals surface area contributed by atoms with E-state index >= 15 is 0 Å². The molecule has 0 fully saturated rings. The molecule has 1 aromatic carbocycles. The number of benzene rings is 1. The van der Waals surface area contributed by atoms with Crippen molar-refractivity contribution in [2.24, 2.45) is 0 Å². The number of carbonyl (C=O) groups excluding carboxylic acids is 2. The van der Waals surface area contributed by atoms with Crippen molar-refractivity contribution in [3.63, 3.8) is 0 Å². The number of methoxy groups -OCH3 is 1. The van der Waals surface area contributed by atoms with Crippen molar-refractivity contribution in [1.82, 2.24) is 5.16 Å². The van der Waals surface area contributed by atoms with E-state index in [1.165, 1.54) is 7.11 Å². The highest BCUT2D eigenvalue weighted by Gasteiger charge is 2.28. The lowest BCUT2D eigenvalue weighted by Gasteiger charge is -2.15. The second-order valence-corrected chi connectivity index (χ2v) is 4.86. The van der Waals surface area contributed by atoms with Crippen LogP contribution in [-0.2, 0) is 11.2 Å². The number of hydrogen-bond donors (Lipinski definition) is 0. The zero-order valence-electron chi connectivity index (χ0n) is 11.8. The number of hydrogen-bond acceptors (Lipinski definition) is 5. The van der Waals surface area contributed by atoms with E-state index < -0.39 is 0 Å². The number of rotatable bonds is 2. The molecule has 3 rings (SSSR count). The van der Waals surface area contributed by atoms with E-state index in [9.17, 15) is 9.59 Å². The average Bonchev–Trinajstić information content (AvgIpc) is 3.11. The molecule has 108 valence electrons. The molecule has 0 spiro atoms. The first-order chi connectivity index (χ1) is 10.1. The number of aryl methyl sites for hydroxylation is 1. The number of anilines is 1. The van der Waals surface area contributed by atoms with E-state index in [-0.39, 0.29) is 17.6 Å². The Bertz CT molecular complexity index is 720. The molecule has 0 bridgehead atoms. The van der Waals surface area contributed by atoms with Crippen LogP contribution in [0.2, 0.25) is 0 Å². The van der Waals surface area contributed by atoms with Crippen molar-refractivity contribution in [2.45, 2.75) is 13.3 Å². The molecule has 2 heterocycles. The second kappa shape index (κ2) is 5.05. The van der Waals surface area contributed by atoms with Gasteiger partial charge in [-0.3, -0.25) is 4.79 Å². The third-order valence-electron chi connectivity index (χ3n) is 3.49. The van der Waals surface area contributed by atoms with Crippen LogP contribution >= 0.6 is 0 Å². The Labute approximate surface area is 121 Å². The molecule has 6 heteroatoms. The second-order valence-electron chi connectivity index (χ2n) is 4.86. The van der Waals surface area contributed by atoms with E-state index in [1.54, 1.807) is 36.1 Å². The molecule has 1 aliphatic rings. The zero-order valence-corrected chi connectivity index (χ0v) is 11.8. The van der Waals surface area contributed by atoms with Gasteiger partial charge in [0.15, 0.2) is 5.69 Å². The summed E-state index contributed by atoms with van der Waals surface area (Å²) in [4.78, 5) is 25.6. The zero-order chi connectivity index (χ0) is 15.0. The number of ether oxygens (including phenoxy) is 1. The molecule has 0 saturated carbocycles. The first-order valence-electron chi connectivity index (χ1n) is 6.56. The lowest BCUT2D eigenvalue weighted by molar-refractivity contribution is 0.0600. The minimum absolute atomic E-state index is 0.198. The summed E-state index contributed by atoms with van der Waals surface area (Å²) in [6.07, 6.45) is 0.697. The Kier molecular flexibility index (Phi) is 3.21. The molecule has 0 saturated heterocycles. The number of carbonyl (C=O) groups is 2. The van der Waals surface area contributed by atoms with Gasteiger partial charge in [-0.1, -0.05) is 5.16 Å². The Balaban J connectivity index is 1.90. The predicted molar refractivity (Wildman–Crippen MR) is 74.4 cm³/mol. The summed E-state index contributed by atoms with van der Waals surface area (Å²) >= 11 is 0. The summed E-state index contributed by atoms with van der Waals surface area (Å²) in [5.41, 5.74) is 2.53. The SMILES string of the molecule is COC(=O)c1ccc2c(c1)CCN2C(=O)c1cc(C)on1. The lowest BCUT2D eigenvalue weighted by Crippen LogP contribution is -2.29. The van der Waals surface area contributed by atoms with Crippen LogP contribution in [0.25, 0.3) is 0 Å². The summed E-state index contributed by atoms with van der Waals surface area (Å²) in [6.45, 7) is 2.30. The van der Waals surface area contributed by atoms with E-state index in [0.717, 1.165) is 11.3 Å². The van der Waals surface area contributed by atoms with Crippen LogP contribution in [0.3, 0.4) is 0 Å². The monoisotopic (exact) mass is 286 g/mol. The molecule has 1 aromatic heterocycles. The van der Waals surface area contributed by atoms with Gasteiger partial charge in [0, 0.05) is 18.3 Å². The fraction of sp³-hybridized carbons (Fsp3) is 0.267. The van der Waals surface area contributed by atoms with Crippen LogP contribution in [0.4, 0.5) is 5.69 Å². The molecule has 1 aliphatic heterocycles. The smallest absolute Gasteiger partial charge is 0.337 e. The molecule has 0 unspecified atom stereocenters. The van der Waals surface area contributed by atoms with Gasteiger partial charge in [-0.05, 0) is 37.1 Å². The normalized spacial score (nSPS) is 13.1. The van der Waals surface area contributed by atoms with Crippen LogP contribution in [0.1, 0.15) is 32.2 Å². The van der Waals surface area contributed by atoms with Gasteiger partial charge < -0.3 is 14.2 Å². The topological polar surface area (TPSA) is 72.6 Å². The average molecular weight is 286 g/mol. The highest BCUT2D eigenvalue weighted by atomic mass is 16.5. The van der Waals surface area contributed by atoms with Crippen LogP contribution < -0.4 is 4.90 Å². The maximum Gasteiger partial charge on any atom is 0.337 e. The van der Waals surface area contributed by atoms with Gasteiger partial charge in [-0.2, -0.15) is 0 Å². The van der Waals surface area contributed by atoms with Gasteiger partial charge >= 0.3 is 5.97 Å². The Morgan fingerprint density at radius 1 is 1.33 bits per heavy atom. The summed E-state index contributed by atoms with van der Waals surface area (Å²) in [5, 5.41) is 3.75. The minimum atomic E-state index is -0.380. The fourth-order valence-corrected chi connectivity index (χ4v) is 2.46. The van der Waals surface area contributed by atoms with Crippen LogP contribution in [0.15, 0.2) is 28.8 Å². The maximum atomic E-state index is 12.4. The largest absolute Gasteiger partial charge is 0.465 e. The molecule has 21 heavy (non-hydrogen) atoms. The lowest BCUT2D eigenvalue weighted by atomic mass is 10.1. The van der Waals surface area contributed by atoms with Crippen molar-refractivity contribution < 1.29 is 18.8 Å². The van der Waals surface area contributed by atoms with E-state index in [2.05, 4.69) is 5.16 Å². The van der Waals surface area contributed by atoms with Crippen molar-refractivity contribution >= 4 is 17.6 Å². The molecular weight excluding hydrogens is 272 g/mol. The summed E-state index contributed by atoms with van der Waals surface area (Å²) < 4.78 is 9.64. The van der Waals surface area contributed by atoms with Crippen molar-refractivity contribution in [1.29, 1.82) is 0 Å². The van der Waals surface area contributed by atoms with Gasteiger partial charge in [0.25, 0.3) is 5.91 Å². The Morgan fingerprint density at radius 3 is 2.81 bits per heavy atom. The summed E-state index contributed by atoms with van der Waals surface area (Å²) in [5.74, 6) is 0.0185. The standard InChI is InChI=1S/C15H14N2O4/c1-9-7-12(16-21-9)14(18)17-6-5-10-8-11(15(19)20-2)3-4-13(10)17/h3-4,7-8H,5-6H2,1-2H3. The van der Waals surface area contributed by atoms with E-state index in [0.29, 0.717) is 24.3 Å². The van der Waals surface area contributed by atoms with Crippen LogP contribution in [0.5, 0.6) is 0 Å². The number of esters is 1. The highest BCUT2D eigenvalue weighted by Crippen LogP contribution is 2.30.